The monoisotopic (exact) mass is 580 g/mol. The van der Waals surface area contributed by atoms with Crippen LogP contribution in [-0.4, -0.2) is 43.8 Å². The topological polar surface area (TPSA) is 102 Å². The number of hydrogen-bond donors (Lipinski definition) is 1. The standard InChI is InChI=1S/C32H32N6O3S/c1-19-23(17-33-37(19)5)21-13-14-27(35-28(21)30(40)41-32(2,3)4)38-16-15-20-9-8-10-22(24(20)18-38)29(39)36-31-34-25-11-6-7-12-26(25)42-31/h6-14,17H,15-16,18H2,1-5H3,(H,34,36,39). The van der Waals surface area contributed by atoms with Crippen molar-refractivity contribution in [2.24, 2.45) is 7.05 Å². The molecule has 1 aliphatic rings. The summed E-state index contributed by atoms with van der Waals surface area (Å²) in [4.78, 5) is 38.4. The summed E-state index contributed by atoms with van der Waals surface area (Å²) in [5.41, 5.74) is 5.51. The molecule has 0 spiro atoms. The zero-order valence-electron chi connectivity index (χ0n) is 24.3. The molecule has 1 amide bonds. The second kappa shape index (κ2) is 10.7. The Labute approximate surface area is 248 Å². The van der Waals surface area contributed by atoms with Gasteiger partial charge in [0.15, 0.2) is 10.8 Å². The molecule has 0 fully saturated rings. The number of pyridine rings is 1. The Kier molecular flexibility index (Phi) is 7.02. The van der Waals surface area contributed by atoms with Gasteiger partial charge in [0.25, 0.3) is 5.91 Å². The van der Waals surface area contributed by atoms with Gasteiger partial charge in [0.2, 0.25) is 0 Å². The SMILES string of the molecule is Cc1c(-c2ccc(N3CCc4cccc(C(=O)Nc5nc6ccccc6s5)c4C3)nc2C(=O)OC(C)(C)C)cnn1C. The number of anilines is 2. The van der Waals surface area contributed by atoms with Gasteiger partial charge in [-0.3, -0.25) is 14.8 Å². The lowest BCUT2D eigenvalue weighted by atomic mass is 9.94. The van der Waals surface area contributed by atoms with Crippen molar-refractivity contribution in [2.45, 2.75) is 46.3 Å². The van der Waals surface area contributed by atoms with E-state index in [0.29, 0.717) is 35.2 Å². The number of aromatic nitrogens is 4. The Morgan fingerprint density at radius 3 is 2.55 bits per heavy atom. The maximum Gasteiger partial charge on any atom is 0.358 e. The van der Waals surface area contributed by atoms with Crippen molar-refractivity contribution in [3.8, 4) is 11.1 Å². The van der Waals surface area contributed by atoms with Gasteiger partial charge in [-0.25, -0.2) is 14.8 Å². The molecule has 1 N–H and O–H groups in total. The predicted molar refractivity (Wildman–Crippen MR) is 165 cm³/mol. The molecule has 0 aliphatic carbocycles. The van der Waals surface area contributed by atoms with Gasteiger partial charge in [-0.2, -0.15) is 5.10 Å². The van der Waals surface area contributed by atoms with Crippen molar-refractivity contribution in [1.82, 2.24) is 19.7 Å². The average molecular weight is 581 g/mol. The van der Waals surface area contributed by atoms with Crippen molar-refractivity contribution in [3.05, 3.63) is 88.9 Å². The second-order valence-electron chi connectivity index (χ2n) is 11.4. The van der Waals surface area contributed by atoms with Crippen molar-refractivity contribution < 1.29 is 14.3 Å². The molecular weight excluding hydrogens is 548 g/mol. The number of nitrogens with zero attached hydrogens (tertiary/aromatic N) is 5. The first-order valence-corrected chi connectivity index (χ1v) is 14.6. The van der Waals surface area contributed by atoms with Crippen LogP contribution in [0.15, 0.2) is 60.8 Å². The van der Waals surface area contributed by atoms with Crippen LogP contribution in [0, 0.1) is 6.92 Å². The van der Waals surface area contributed by atoms with Crippen LogP contribution in [0.4, 0.5) is 10.9 Å². The molecule has 42 heavy (non-hydrogen) atoms. The molecule has 2 aromatic carbocycles. The molecule has 10 heteroatoms. The van der Waals surface area contributed by atoms with E-state index in [1.54, 1.807) is 10.9 Å². The Morgan fingerprint density at radius 2 is 1.81 bits per heavy atom. The quantitative estimate of drug-likeness (QED) is 0.248. The molecule has 0 saturated heterocycles. The number of rotatable bonds is 5. The average Bonchev–Trinajstić information content (AvgIpc) is 3.52. The molecule has 0 atom stereocenters. The third-order valence-corrected chi connectivity index (χ3v) is 8.31. The van der Waals surface area contributed by atoms with Crippen molar-refractivity contribution in [2.75, 3.05) is 16.8 Å². The van der Waals surface area contributed by atoms with Gasteiger partial charge in [-0.05, 0) is 75.6 Å². The van der Waals surface area contributed by atoms with E-state index in [9.17, 15) is 9.59 Å². The van der Waals surface area contributed by atoms with E-state index in [0.717, 1.165) is 39.0 Å². The normalized spacial score (nSPS) is 13.2. The number of para-hydroxylation sites is 1. The summed E-state index contributed by atoms with van der Waals surface area (Å²) in [5.74, 6) is -0.0401. The number of carbonyl (C=O) groups excluding carboxylic acids is 2. The van der Waals surface area contributed by atoms with Crippen molar-refractivity contribution in [1.29, 1.82) is 0 Å². The second-order valence-corrected chi connectivity index (χ2v) is 12.4. The lowest BCUT2D eigenvalue weighted by molar-refractivity contribution is 0.00638. The largest absolute Gasteiger partial charge is 0.455 e. The molecule has 0 bridgehead atoms. The summed E-state index contributed by atoms with van der Waals surface area (Å²) in [6.07, 6.45) is 2.48. The van der Waals surface area contributed by atoms with Crippen LogP contribution in [-0.2, 0) is 24.8 Å². The lowest BCUT2D eigenvalue weighted by Gasteiger charge is -2.31. The highest BCUT2D eigenvalue weighted by Crippen LogP contribution is 2.32. The molecule has 3 aromatic heterocycles. The number of nitrogens with one attached hydrogen (secondary N) is 1. The Bertz CT molecular complexity index is 1800. The van der Waals surface area contributed by atoms with Crippen molar-refractivity contribution in [3.63, 3.8) is 0 Å². The summed E-state index contributed by atoms with van der Waals surface area (Å²) < 4.78 is 8.54. The number of aryl methyl sites for hydroxylation is 1. The minimum Gasteiger partial charge on any atom is -0.455 e. The third-order valence-electron chi connectivity index (χ3n) is 7.35. The molecule has 214 valence electrons. The van der Waals surface area contributed by atoms with E-state index in [-0.39, 0.29) is 11.6 Å². The Morgan fingerprint density at radius 1 is 1.00 bits per heavy atom. The van der Waals surface area contributed by atoms with Gasteiger partial charge >= 0.3 is 5.97 Å². The smallest absolute Gasteiger partial charge is 0.358 e. The molecule has 6 rings (SSSR count). The fourth-order valence-electron chi connectivity index (χ4n) is 5.17. The molecular formula is C32H32N6O3S. The van der Waals surface area contributed by atoms with Gasteiger partial charge in [0.05, 0.1) is 16.4 Å². The van der Waals surface area contributed by atoms with E-state index in [4.69, 9.17) is 9.72 Å². The minimum atomic E-state index is -0.675. The fraction of sp³-hybridized carbons (Fsp3) is 0.281. The highest BCUT2D eigenvalue weighted by atomic mass is 32.1. The summed E-state index contributed by atoms with van der Waals surface area (Å²) in [6.45, 7) is 8.65. The maximum absolute atomic E-state index is 13.5. The fourth-order valence-corrected chi connectivity index (χ4v) is 6.03. The van der Waals surface area contributed by atoms with Gasteiger partial charge in [0, 0.05) is 42.5 Å². The van der Waals surface area contributed by atoms with Gasteiger partial charge in [-0.1, -0.05) is 35.6 Å². The van der Waals surface area contributed by atoms with Crippen LogP contribution in [0.25, 0.3) is 21.3 Å². The maximum atomic E-state index is 13.5. The Balaban J connectivity index is 1.32. The highest BCUT2D eigenvalue weighted by molar-refractivity contribution is 7.22. The summed E-state index contributed by atoms with van der Waals surface area (Å²) in [6, 6.07) is 17.5. The number of amides is 1. The Hall–Kier alpha value is -4.57. The number of carbonyl (C=O) groups is 2. The third kappa shape index (κ3) is 5.37. The van der Waals surface area contributed by atoms with Gasteiger partial charge in [-0.15, -0.1) is 0 Å². The zero-order chi connectivity index (χ0) is 29.6. The number of benzene rings is 2. The number of fused-ring (bicyclic) bond motifs is 2. The van der Waals surface area contributed by atoms with Crippen LogP contribution in [0.1, 0.15) is 58.4 Å². The molecule has 5 aromatic rings. The van der Waals surface area contributed by atoms with E-state index >= 15 is 0 Å². The molecule has 0 saturated carbocycles. The van der Waals surface area contributed by atoms with E-state index in [1.807, 2.05) is 83.3 Å². The van der Waals surface area contributed by atoms with Gasteiger partial charge in [0.1, 0.15) is 11.4 Å². The minimum absolute atomic E-state index is 0.197. The van der Waals surface area contributed by atoms with Crippen LogP contribution in [0.3, 0.4) is 0 Å². The molecule has 1 aliphatic heterocycles. The van der Waals surface area contributed by atoms with E-state index < -0.39 is 11.6 Å². The first-order chi connectivity index (χ1) is 20.1. The zero-order valence-corrected chi connectivity index (χ0v) is 25.1. The molecule has 9 nitrogen and oxygen atoms in total. The lowest BCUT2D eigenvalue weighted by Crippen LogP contribution is -2.33. The number of thiazole rings is 1. The summed E-state index contributed by atoms with van der Waals surface area (Å²) in [5, 5.41) is 7.92. The number of esters is 1. The first-order valence-electron chi connectivity index (χ1n) is 13.8. The predicted octanol–water partition coefficient (Wildman–Crippen LogP) is 6.17. The van der Waals surface area contributed by atoms with Crippen LogP contribution < -0.4 is 10.2 Å². The van der Waals surface area contributed by atoms with Crippen LogP contribution in [0.2, 0.25) is 0 Å². The first kappa shape index (κ1) is 27.6. The van der Waals surface area contributed by atoms with Gasteiger partial charge < -0.3 is 9.64 Å². The molecule has 0 radical (unpaired) electrons. The van der Waals surface area contributed by atoms with Crippen molar-refractivity contribution >= 4 is 44.4 Å². The number of ether oxygens (including phenoxy) is 1. The van der Waals surface area contributed by atoms with Crippen LogP contribution >= 0.6 is 11.3 Å². The summed E-state index contributed by atoms with van der Waals surface area (Å²) >= 11 is 1.45. The van der Waals surface area contributed by atoms with Crippen LogP contribution in [0.5, 0.6) is 0 Å². The van der Waals surface area contributed by atoms with E-state index in [2.05, 4.69) is 26.4 Å². The highest BCUT2D eigenvalue weighted by Gasteiger charge is 2.28. The molecule has 4 heterocycles. The molecule has 0 unspecified atom stereocenters. The number of hydrogen-bond acceptors (Lipinski definition) is 8. The van der Waals surface area contributed by atoms with E-state index in [1.165, 1.54) is 11.3 Å². The summed E-state index contributed by atoms with van der Waals surface area (Å²) in [7, 11) is 1.86.